The SMILES string of the molecule is CCC1(C)C(NC)CC1Oc1cccnc1[N+](=O)[O-]. The van der Waals surface area contributed by atoms with Crippen LogP contribution in [-0.2, 0) is 0 Å². The lowest BCUT2D eigenvalue weighted by molar-refractivity contribution is -0.391. The van der Waals surface area contributed by atoms with E-state index in [2.05, 4.69) is 24.1 Å². The van der Waals surface area contributed by atoms with Crippen molar-refractivity contribution in [1.29, 1.82) is 0 Å². The number of nitrogens with zero attached hydrogens (tertiary/aromatic N) is 2. The van der Waals surface area contributed by atoms with Crippen molar-refractivity contribution in [2.75, 3.05) is 7.05 Å². The number of nitro groups is 1. The molecule has 0 saturated heterocycles. The van der Waals surface area contributed by atoms with E-state index in [1.807, 2.05) is 7.05 Å². The lowest BCUT2D eigenvalue weighted by atomic mass is 9.61. The molecule has 6 heteroatoms. The summed E-state index contributed by atoms with van der Waals surface area (Å²) in [5.41, 5.74) is -0.00153. The average Bonchev–Trinajstić information content (AvgIpc) is 2.42. The van der Waals surface area contributed by atoms with Crippen LogP contribution < -0.4 is 10.1 Å². The summed E-state index contributed by atoms with van der Waals surface area (Å²) in [6, 6.07) is 3.64. The van der Waals surface area contributed by atoms with Crippen LogP contribution in [0.5, 0.6) is 5.75 Å². The molecule has 1 aliphatic carbocycles. The summed E-state index contributed by atoms with van der Waals surface area (Å²) in [5, 5.41) is 14.2. The van der Waals surface area contributed by atoms with Crippen LogP contribution in [0.1, 0.15) is 26.7 Å². The number of hydrogen-bond acceptors (Lipinski definition) is 5. The molecular formula is C13H19N3O3. The molecule has 0 radical (unpaired) electrons. The van der Waals surface area contributed by atoms with E-state index in [0.717, 1.165) is 12.8 Å². The molecule has 1 aliphatic rings. The van der Waals surface area contributed by atoms with Crippen molar-refractivity contribution in [1.82, 2.24) is 10.3 Å². The van der Waals surface area contributed by atoms with E-state index in [4.69, 9.17) is 4.74 Å². The lowest BCUT2D eigenvalue weighted by Crippen LogP contribution is -2.62. The van der Waals surface area contributed by atoms with Gasteiger partial charge in [-0.2, -0.15) is 0 Å². The van der Waals surface area contributed by atoms with E-state index >= 15 is 0 Å². The summed E-state index contributed by atoms with van der Waals surface area (Å²) in [6.07, 6.45) is 3.20. The predicted molar refractivity (Wildman–Crippen MR) is 71.2 cm³/mol. The molecule has 3 atom stereocenters. The Balaban J connectivity index is 2.17. The molecular weight excluding hydrogens is 246 g/mol. The highest BCUT2D eigenvalue weighted by atomic mass is 16.6. The highest BCUT2D eigenvalue weighted by molar-refractivity contribution is 5.39. The number of rotatable bonds is 5. The number of nitrogens with one attached hydrogen (secondary N) is 1. The summed E-state index contributed by atoms with van der Waals surface area (Å²) in [5.74, 6) is 0.0422. The third-order valence-electron chi connectivity index (χ3n) is 4.28. The average molecular weight is 265 g/mol. The van der Waals surface area contributed by atoms with Crippen molar-refractivity contribution in [2.45, 2.75) is 38.8 Å². The second kappa shape index (κ2) is 5.13. The third kappa shape index (κ3) is 2.28. The van der Waals surface area contributed by atoms with Gasteiger partial charge < -0.3 is 20.2 Å². The van der Waals surface area contributed by atoms with Gasteiger partial charge in [0.05, 0.1) is 0 Å². The summed E-state index contributed by atoms with van der Waals surface area (Å²) in [7, 11) is 1.93. The van der Waals surface area contributed by atoms with Gasteiger partial charge in [-0.1, -0.05) is 13.8 Å². The van der Waals surface area contributed by atoms with Crippen molar-refractivity contribution in [3.05, 3.63) is 28.4 Å². The monoisotopic (exact) mass is 265 g/mol. The van der Waals surface area contributed by atoms with Crippen LogP contribution in [0.4, 0.5) is 5.82 Å². The van der Waals surface area contributed by atoms with Crippen LogP contribution in [-0.4, -0.2) is 29.1 Å². The Labute approximate surface area is 112 Å². The van der Waals surface area contributed by atoms with Gasteiger partial charge in [0.2, 0.25) is 5.75 Å². The maximum atomic E-state index is 10.9. The zero-order chi connectivity index (χ0) is 14.0. The highest BCUT2D eigenvalue weighted by Gasteiger charge is 2.51. The van der Waals surface area contributed by atoms with Gasteiger partial charge in [-0.25, -0.2) is 0 Å². The summed E-state index contributed by atoms with van der Waals surface area (Å²) in [6.45, 7) is 4.25. The van der Waals surface area contributed by atoms with Crippen LogP contribution in [0.3, 0.4) is 0 Å². The Kier molecular flexibility index (Phi) is 3.71. The topological polar surface area (TPSA) is 77.3 Å². The van der Waals surface area contributed by atoms with Crippen LogP contribution in [0.25, 0.3) is 0 Å². The quantitative estimate of drug-likeness (QED) is 0.652. The van der Waals surface area contributed by atoms with Crippen molar-refractivity contribution < 1.29 is 9.66 Å². The molecule has 19 heavy (non-hydrogen) atoms. The first-order chi connectivity index (χ1) is 9.02. The molecule has 1 aromatic rings. The highest BCUT2D eigenvalue weighted by Crippen LogP contribution is 2.46. The summed E-state index contributed by atoms with van der Waals surface area (Å²) in [4.78, 5) is 14.2. The second-order valence-corrected chi connectivity index (χ2v) is 5.13. The van der Waals surface area contributed by atoms with E-state index in [1.54, 1.807) is 12.1 Å². The fraction of sp³-hybridized carbons (Fsp3) is 0.615. The van der Waals surface area contributed by atoms with Gasteiger partial charge in [0.1, 0.15) is 12.3 Å². The van der Waals surface area contributed by atoms with Gasteiger partial charge >= 0.3 is 5.82 Å². The van der Waals surface area contributed by atoms with Crippen LogP contribution in [0.2, 0.25) is 0 Å². The van der Waals surface area contributed by atoms with Crippen LogP contribution >= 0.6 is 0 Å². The van der Waals surface area contributed by atoms with E-state index in [9.17, 15) is 10.1 Å². The van der Waals surface area contributed by atoms with Gasteiger partial charge in [0.25, 0.3) is 0 Å². The third-order valence-corrected chi connectivity index (χ3v) is 4.28. The Morgan fingerprint density at radius 1 is 1.68 bits per heavy atom. The van der Waals surface area contributed by atoms with E-state index in [0.29, 0.717) is 6.04 Å². The lowest BCUT2D eigenvalue weighted by Gasteiger charge is -2.53. The minimum atomic E-state index is -0.507. The number of ether oxygens (including phenoxy) is 1. The maximum absolute atomic E-state index is 10.9. The first-order valence-corrected chi connectivity index (χ1v) is 6.46. The molecule has 1 heterocycles. The minimum Gasteiger partial charge on any atom is -0.482 e. The maximum Gasteiger partial charge on any atom is 0.406 e. The normalized spacial score (nSPS) is 29.6. The molecule has 0 aromatic carbocycles. The first kappa shape index (κ1) is 13.7. The molecule has 1 saturated carbocycles. The van der Waals surface area contributed by atoms with Gasteiger partial charge in [0.15, 0.2) is 0 Å². The Morgan fingerprint density at radius 3 is 3.00 bits per heavy atom. The van der Waals surface area contributed by atoms with Crippen molar-refractivity contribution in [2.24, 2.45) is 5.41 Å². The Bertz CT molecular complexity index is 480. The summed E-state index contributed by atoms with van der Waals surface area (Å²) < 4.78 is 5.84. The molecule has 2 rings (SSSR count). The smallest absolute Gasteiger partial charge is 0.406 e. The predicted octanol–water partition coefficient (Wildman–Crippen LogP) is 2.15. The number of hydrogen-bond donors (Lipinski definition) is 1. The van der Waals surface area contributed by atoms with Gasteiger partial charge in [0, 0.05) is 17.9 Å². The van der Waals surface area contributed by atoms with Crippen molar-refractivity contribution >= 4 is 5.82 Å². The number of pyridine rings is 1. The van der Waals surface area contributed by atoms with Gasteiger partial charge in [-0.3, -0.25) is 0 Å². The van der Waals surface area contributed by atoms with E-state index in [-0.39, 0.29) is 23.1 Å². The zero-order valence-corrected chi connectivity index (χ0v) is 11.4. The minimum absolute atomic E-state index is 0.00153. The van der Waals surface area contributed by atoms with E-state index in [1.165, 1.54) is 6.20 Å². The first-order valence-electron chi connectivity index (χ1n) is 6.46. The Morgan fingerprint density at radius 2 is 2.42 bits per heavy atom. The standard InChI is InChI=1S/C13H19N3O3/c1-4-13(2)10(14-3)8-11(13)19-9-6-5-7-15-12(9)16(17)18/h5-7,10-11,14H,4,8H2,1-3H3. The summed E-state index contributed by atoms with van der Waals surface area (Å²) >= 11 is 0. The van der Waals surface area contributed by atoms with Gasteiger partial charge in [-0.05, 0) is 35.5 Å². The van der Waals surface area contributed by atoms with Crippen LogP contribution in [0, 0.1) is 15.5 Å². The molecule has 3 unspecified atom stereocenters. The molecule has 6 nitrogen and oxygen atoms in total. The molecule has 1 aromatic heterocycles. The fourth-order valence-corrected chi connectivity index (χ4v) is 2.69. The van der Waals surface area contributed by atoms with Crippen LogP contribution in [0.15, 0.2) is 18.3 Å². The molecule has 0 amide bonds. The molecule has 0 bridgehead atoms. The molecule has 1 N–H and O–H groups in total. The fourth-order valence-electron chi connectivity index (χ4n) is 2.69. The molecule has 1 fully saturated rings. The number of aromatic nitrogens is 1. The van der Waals surface area contributed by atoms with E-state index < -0.39 is 4.92 Å². The second-order valence-electron chi connectivity index (χ2n) is 5.13. The van der Waals surface area contributed by atoms with Crippen molar-refractivity contribution in [3.8, 4) is 5.75 Å². The zero-order valence-electron chi connectivity index (χ0n) is 11.4. The largest absolute Gasteiger partial charge is 0.482 e. The van der Waals surface area contributed by atoms with Crippen molar-refractivity contribution in [3.63, 3.8) is 0 Å². The Hall–Kier alpha value is -1.69. The molecule has 0 spiro atoms. The molecule has 104 valence electrons. The van der Waals surface area contributed by atoms with Gasteiger partial charge in [-0.15, -0.1) is 0 Å². The molecule has 0 aliphatic heterocycles.